The van der Waals surface area contributed by atoms with Crippen molar-refractivity contribution >= 4 is 27.5 Å². The minimum absolute atomic E-state index is 0.235. The maximum absolute atomic E-state index is 12.0. The number of carbonyl (C=O) groups is 1. The van der Waals surface area contributed by atoms with Crippen LogP contribution in [0.4, 0.5) is 5.69 Å². The first kappa shape index (κ1) is 15.6. The van der Waals surface area contributed by atoms with Crippen LogP contribution in [0.5, 0.6) is 0 Å². The van der Waals surface area contributed by atoms with Crippen molar-refractivity contribution in [2.24, 2.45) is 5.92 Å². The fraction of sp³-hybridized carbons (Fsp3) is 0.588. The van der Waals surface area contributed by atoms with Crippen molar-refractivity contribution in [3.05, 3.63) is 29.3 Å². The van der Waals surface area contributed by atoms with Crippen LogP contribution >= 0.6 is 15.9 Å². The number of fused-ring (bicyclic) bond motifs is 1. The van der Waals surface area contributed by atoms with Crippen molar-refractivity contribution in [3.8, 4) is 0 Å². The fourth-order valence-electron chi connectivity index (χ4n) is 2.69. The highest BCUT2D eigenvalue weighted by Gasteiger charge is 2.21. The predicted octanol–water partition coefficient (Wildman–Crippen LogP) is 4.34. The van der Waals surface area contributed by atoms with Crippen LogP contribution in [0.25, 0.3) is 0 Å². The number of benzene rings is 1. The first-order chi connectivity index (χ1) is 9.52. The smallest absolute Gasteiger partial charge is 0.226 e. The lowest BCUT2D eigenvalue weighted by molar-refractivity contribution is -0.118. The molecule has 0 radical (unpaired) electrons. The molecule has 3 heteroatoms. The highest BCUT2D eigenvalue weighted by atomic mass is 79.9. The molecule has 1 amide bonds. The van der Waals surface area contributed by atoms with Gasteiger partial charge in [-0.05, 0) is 42.4 Å². The highest BCUT2D eigenvalue weighted by molar-refractivity contribution is 9.09. The van der Waals surface area contributed by atoms with Crippen LogP contribution in [0, 0.1) is 5.92 Å². The van der Waals surface area contributed by atoms with Gasteiger partial charge in [0.15, 0.2) is 0 Å². The lowest BCUT2D eigenvalue weighted by atomic mass is 9.95. The first-order valence-corrected chi connectivity index (χ1v) is 8.50. The van der Waals surface area contributed by atoms with Crippen LogP contribution in [0.2, 0.25) is 0 Å². The molecule has 110 valence electrons. The maximum Gasteiger partial charge on any atom is 0.226 e. The quantitative estimate of drug-likeness (QED) is 0.748. The topological polar surface area (TPSA) is 20.3 Å². The van der Waals surface area contributed by atoms with E-state index in [0.717, 1.165) is 31.5 Å². The molecule has 0 aliphatic carbocycles. The van der Waals surface area contributed by atoms with Crippen molar-refractivity contribution in [3.63, 3.8) is 0 Å². The van der Waals surface area contributed by atoms with Gasteiger partial charge in [-0.15, -0.1) is 0 Å². The summed E-state index contributed by atoms with van der Waals surface area (Å²) in [4.78, 5) is 14.5. The van der Waals surface area contributed by atoms with Crippen LogP contribution < -0.4 is 4.90 Å². The van der Waals surface area contributed by atoms with Crippen molar-refractivity contribution in [2.45, 2.75) is 51.3 Å². The van der Waals surface area contributed by atoms with Gasteiger partial charge in [0.25, 0.3) is 0 Å². The zero-order valence-corrected chi connectivity index (χ0v) is 14.2. The average Bonchev–Trinajstić information content (AvgIpc) is 2.45. The minimum atomic E-state index is 0.235. The number of hydrogen-bond acceptors (Lipinski definition) is 1. The average molecular weight is 338 g/mol. The van der Waals surface area contributed by atoms with Gasteiger partial charge in [-0.3, -0.25) is 4.79 Å². The molecule has 0 saturated carbocycles. The molecule has 1 atom stereocenters. The van der Waals surface area contributed by atoms with Crippen LogP contribution in [0.15, 0.2) is 18.2 Å². The standard InChI is InChI=1S/C17H24BrNO/c1-4-17(20)19-9-5-6-14-10-13(7-8-16(14)19)11-15(18)12(2)3/h7-8,10,12,15H,4-6,9,11H2,1-3H3. The molecule has 2 nitrogen and oxygen atoms in total. The predicted molar refractivity (Wildman–Crippen MR) is 88.7 cm³/mol. The molecular formula is C17H24BrNO. The zero-order valence-electron chi connectivity index (χ0n) is 12.7. The van der Waals surface area contributed by atoms with Crippen molar-refractivity contribution in [2.75, 3.05) is 11.4 Å². The third-order valence-corrected chi connectivity index (χ3v) is 5.40. The molecule has 1 aliphatic rings. The van der Waals surface area contributed by atoms with Crippen LogP contribution in [0.3, 0.4) is 0 Å². The Balaban J connectivity index is 2.21. The second-order valence-corrected chi connectivity index (χ2v) is 7.11. The van der Waals surface area contributed by atoms with Gasteiger partial charge in [-0.1, -0.05) is 48.8 Å². The number of anilines is 1. The molecule has 1 aromatic rings. The summed E-state index contributed by atoms with van der Waals surface area (Å²) in [6.07, 6.45) is 3.79. The van der Waals surface area contributed by atoms with E-state index < -0.39 is 0 Å². The van der Waals surface area contributed by atoms with Crippen molar-refractivity contribution < 1.29 is 4.79 Å². The van der Waals surface area contributed by atoms with E-state index in [0.29, 0.717) is 17.2 Å². The molecule has 0 bridgehead atoms. The Labute approximate surface area is 130 Å². The first-order valence-electron chi connectivity index (χ1n) is 7.59. The van der Waals surface area contributed by atoms with E-state index in [-0.39, 0.29) is 5.91 Å². The largest absolute Gasteiger partial charge is 0.312 e. The maximum atomic E-state index is 12.0. The molecule has 0 N–H and O–H groups in total. The van der Waals surface area contributed by atoms with E-state index in [2.05, 4.69) is 48.0 Å². The molecule has 1 unspecified atom stereocenters. The Morgan fingerprint density at radius 1 is 1.40 bits per heavy atom. The van der Waals surface area contributed by atoms with Gasteiger partial charge in [-0.25, -0.2) is 0 Å². The second-order valence-electron chi connectivity index (χ2n) is 5.93. The number of amides is 1. The van der Waals surface area contributed by atoms with Gasteiger partial charge in [0.1, 0.15) is 0 Å². The van der Waals surface area contributed by atoms with E-state index in [1.807, 2.05) is 11.8 Å². The van der Waals surface area contributed by atoms with Gasteiger partial charge in [-0.2, -0.15) is 0 Å². The number of hydrogen-bond donors (Lipinski definition) is 0. The summed E-state index contributed by atoms with van der Waals surface area (Å²) in [5, 5.41) is 0. The van der Waals surface area contributed by atoms with Crippen LogP contribution in [-0.2, 0) is 17.6 Å². The Kier molecular flexibility index (Phi) is 5.25. The molecule has 1 aliphatic heterocycles. The van der Waals surface area contributed by atoms with Crippen LogP contribution in [-0.4, -0.2) is 17.3 Å². The van der Waals surface area contributed by atoms with Gasteiger partial charge in [0.2, 0.25) is 5.91 Å². The molecular weight excluding hydrogens is 314 g/mol. The molecule has 1 aromatic carbocycles. The molecule has 1 heterocycles. The molecule has 2 rings (SSSR count). The van der Waals surface area contributed by atoms with E-state index in [4.69, 9.17) is 0 Å². The second kappa shape index (κ2) is 6.75. The summed E-state index contributed by atoms with van der Waals surface area (Å²) in [7, 11) is 0. The summed E-state index contributed by atoms with van der Waals surface area (Å²) in [6.45, 7) is 7.27. The van der Waals surface area contributed by atoms with Gasteiger partial charge in [0, 0.05) is 23.5 Å². The van der Waals surface area contributed by atoms with Gasteiger partial charge in [0.05, 0.1) is 0 Å². The number of nitrogens with zero attached hydrogens (tertiary/aromatic N) is 1. The number of carbonyl (C=O) groups excluding carboxylic acids is 1. The van der Waals surface area contributed by atoms with E-state index in [1.165, 1.54) is 11.1 Å². The number of aryl methyl sites for hydroxylation is 1. The molecule has 0 aromatic heterocycles. The third kappa shape index (κ3) is 3.43. The Bertz CT molecular complexity index is 484. The molecule has 0 spiro atoms. The van der Waals surface area contributed by atoms with Gasteiger partial charge >= 0.3 is 0 Å². The molecule has 20 heavy (non-hydrogen) atoms. The number of halogens is 1. The Morgan fingerprint density at radius 3 is 2.80 bits per heavy atom. The number of rotatable bonds is 4. The fourth-order valence-corrected chi connectivity index (χ4v) is 3.06. The zero-order chi connectivity index (χ0) is 14.7. The summed E-state index contributed by atoms with van der Waals surface area (Å²) >= 11 is 3.76. The van der Waals surface area contributed by atoms with E-state index in [9.17, 15) is 4.79 Å². The Morgan fingerprint density at radius 2 is 2.15 bits per heavy atom. The van der Waals surface area contributed by atoms with E-state index in [1.54, 1.807) is 0 Å². The van der Waals surface area contributed by atoms with Crippen molar-refractivity contribution in [1.82, 2.24) is 0 Å². The van der Waals surface area contributed by atoms with Gasteiger partial charge < -0.3 is 4.90 Å². The summed E-state index contributed by atoms with van der Waals surface area (Å²) in [5.74, 6) is 0.864. The molecule has 0 fully saturated rings. The summed E-state index contributed by atoms with van der Waals surface area (Å²) in [5.41, 5.74) is 3.83. The third-order valence-electron chi connectivity index (χ3n) is 4.02. The van der Waals surface area contributed by atoms with Crippen LogP contribution in [0.1, 0.15) is 44.7 Å². The Hall–Kier alpha value is -0.830. The minimum Gasteiger partial charge on any atom is -0.312 e. The normalized spacial score (nSPS) is 16.1. The lowest BCUT2D eigenvalue weighted by Gasteiger charge is -2.30. The summed E-state index contributed by atoms with van der Waals surface area (Å²) in [6, 6.07) is 6.61. The summed E-state index contributed by atoms with van der Waals surface area (Å²) < 4.78 is 0. The molecule has 0 saturated heterocycles. The SMILES string of the molecule is CCC(=O)N1CCCc2cc(CC(Br)C(C)C)ccc21. The lowest BCUT2D eigenvalue weighted by Crippen LogP contribution is -2.34. The monoisotopic (exact) mass is 337 g/mol. The van der Waals surface area contributed by atoms with E-state index >= 15 is 0 Å². The number of alkyl halides is 1. The van der Waals surface area contributed by atoms with Crippen molar-refractivity contribution in [1.29, 1.82) is 0 Å². The highest BCUT2D eigenvalue weighted by Crippen LogP contribution is 2.30.